The molecule has 1 aliphatic rings. The number of carbonyl (C=O) groups is 1. The van der Waals surface area contributed by atoms with Crippen molar-refractivity contribution in [2.24, 2.45) is 11.8 Å². The van der Waals surface area contributed by atoms with E-state index in [0.29, 0.717) is 18.3 Å². The van der Waals surface area contributed by atoms with Gasteiger partial charge in [-0.25, -0.2) is 0 Å². The van der Waals surface area contributed by atoms with Crippen LogP contribution in [0.5, 0.6) is 0 Å². The predicted molar refractivity (Wildman–Crippen MR) is 47.7 cm³/mol. The highest BCUT2D eigenvalue weighted by molar-refractivity contribution is 5.84. The second kappa shape index (κ2) is 3.85. The van der Waals surface area contributed by atoms with Crippen LogP contribution in [0.3, 0.4) is 0 Å². The van der Waals surface area contributed by atoms with Crippen LogP contribution >= 0.6 is 0 Å². The Balaban J connectivity index is 2.63. The summed E-state index contributed by atoms with van der Waals surface area (Å²) in [7, 11) is 0. The Labute approximate surface area is 73.3 Å². The van der Waals surface area contributed by atoms with Gasteiger partial charge in [0.1, 0.15) is 6.10 Å². The lowest BCUT2D eigenvalue weighted by Crippen LogP contribution is -2.15. The van der Waals surface area contributed by atoms with Crippen molar-refractivity contribution in [3.05, 3.63) is 12.2 Å². The summed E-state index contributed by atoms with van der Waals surface area (Å²) >= 11 is 0. The van der Waals surface area contributed by atoms with E-state index in [2.05, 4.69) is 13.8 Å². The largest absolute Gasteiger partial charge is 0.381 e. The van der Waals surface area contributed by atoms with Crippen LogP contribution in [0.1, 0.15) is 26.7 Å². The van der Waals surface area contributed by atoms with Crippen LogP contribution in [0.2, 0.25) is 0 Å². The number of ketones is 1. The summed E-state index contributed by atoms with van der Waals surface area (Å²) in [6.45, 7) is 4.27. The number of aliphatic hydroxyl groups excluding tert-OH is 1. The molecule has 0 radical (unpaired) electrons. The molecule has 68 valence electrons. The molecule has 1 rings (SSSR count). The lowest BCUT2D eigenvalue weighted by molar-refractivity contribution is -0.124. The lowest BCUT2D eigenvalue weighted by atomic mass is 9.92. The highest BCUT2D eigenvalue weighted by Crippen LogP contribution is 2.22. The first-order valence-corrected chi connectivity index (χ1v) is 4.50. The zero-order chi connectivity index (χ0) is 9.14. The standard InChI is InChI=1S/C10H16O2/c1-7(2)8-3-5-9(11)10(12)6-4-8/h3,5,7-9,11H,4,6H2,1-2H3. The number of rotatable bonds is 1. The van der Waals surface area contributed by atoms with Gasteiger partial charge in [-0.1, -0.05) is 26.0 Å². The van der Waals surface area contributed by atoms with Gasteiger partial charge in [-0.15, -0.1) is 0 Å². The van der Waals surface area contributed by atoms with Gasteiger partial charge in [0.05, 0.1) is 0 Å². The van der Waals surface area contributed by atoms with Crippen molar-refractivity contribution in [2.45, 2.75) is 32.8 Å². The molecule has 1 aliphatic carbocycles. The monoisotopic (exact) mass is 168 g/mol. The average Bonchev–Trinajstić information content (AvgIpc) is 2.16. The van der Waals surface area contributed by atoms with E-state index in [9.17, 15) is 9.90 Å². The molecule has 0 saturated heterocycles. The van der Waals surface area contributed by atoms with Crippen molar-refractivity contribution in [1.82, 2.24) is 0 Å². The van der Waals surface area contributed by atoms with Crippen molar-refractivity contribution in [1.29, 1.82) is 0 Å². The highest BCUT2D eigenvalue weighted by atomic mass is 16.3. The number of aliphatic hydroxyl groups is 1. The normalized spacial score (nSPS) is 30.8. The molecule has 0 aromatic carbocycles. The van der Waals surface area contributed by atoms with Crippen molar-refractivity contribution < 1.29 is 9.90 Å². The molecule has 0 spiro atoms. The molecule has 2 nitrogen and oxygen atoms in total. The molecule has 0 amide bonds. The maximum Gasteiger partial charge on any atom is 0.165 e. The summed E-state index contributed by atoms with van der Waals surface area (Å²) in [5, 5.41) is 9.22. The molecule has 0 fully saturated rings. The van der Waals surface area contributed by atoms with Crippen molar-refractivity contribution in [3.8, 4) is 0 Å². The second-order valence-electron chi connectivity index (χ2n) is 3.74. The Kier molecular flexibility index (Phi) is 3.04. The van der Waals surface area contributed by atoms with Gasteiger partial charge in [0.25, 0.3) is 0 Å². The second-order valence-corrected chi connectivity index (χ2v) is 3.74. The van der Waals surface area contributed by atoms with E-state index in [1.165, 1.54) is 0 Å². The van der Waals surface area contributed by atoms with Crippen molar-refractivity contribution in [3.63, 3.8) is 0 Å². The van der Waals surface area contributed by atoms with E-state index in [0.717, 1.165) is 6.42 Å². The maximum atomic E-state index is 11.1. The first-order chi connectivity index (χ1) is 5.61. The van der Waals surface area contributed by atoms with E-state index in [1.54, 1.807) is 6.08 Å². The SMILES string of the molecule is CC(C)C1C=CC(O)C(=O)CC1. The Hall–Kier alpha value is -0.630. The number of hydrogen-bond donors (Lipinski definition) is 1. The van der Waals surface area contributed by atoms with Crippen molar-refractivity contribution >= 4 is 5.78 Å². The van der Waals surface area contributed by atoms with Gasteiger partial charge in [0.15, 0.2) is 5.78 Å². The van der Waals surface area contributed by atoms with E-state index in [-0.39, 0.29) is 5.78 Å². The topological polar surface area (TPSA) is 37.3 Å². The van der Waals surface area contributed by atoms with Crippen LogP contribution in [-0.4, -0.2) is 17.0 Å². The zero-order valence-corrected chi connectivity index (χ0v) is 7.66. The molecular formula is C10H16O2. The molecule has 0 bridgehead atoms. The predicted octanol–water partition coefficient (Wildman–Crippen LogP) is 1.54. The van der Waals surface area contributed by atoms with Crippen LogP contribution in [0.15, 0.2) is 12.2 Å². The molecule has 2 unspecified atom stereocenters. The van der Waals surface area contributed by atoms with Crippen LogP contribution in [0.4, 0.5) is 0 Å². The minimum atomic E-state index is -0.853. The van der Waals surface area contributed by atoms with Gasteiger partial charge in [-0.05, 0) is 18.3 Å². The van der Waals surface area contributed by atoms with Gasteiger partial charge in [0, 0.05) is 6.42 Å². The van der Waals surface area contributed by atoms with Gasteiger partial charge in [0.2, 0.25) is 0 Å². The number of allylic oxidation sites excluding steroid dienone is 1. The van der Waals surface area contributed by atoms with Gasteiger partial charge in [-0.2, -0.15) is 0 Å². The summed E-state index contributed by atoms with van der Waals surface area (Å²) in [5.74, 6) is 0.958. The molecule has 2 heteroatoms. The summed E-state index contributed by atoms with van der Waals surface area (Å²) in [5.41, 5.74) is 0. The van der Waals surface area contributed by atoms with Crippen LogP contribution in [-0.2, 0) is 4.79 Å². The molecule has 12 heavy (non-hydrogen) atoms. The lowest BCUT2D eigenvalue weighted by Gasteiger charge is -2.13. The first-order valence-electron chi connectivity index (χ1n) is 4.50. The Morgan fingerprint density at radius 2 is 2.17 bits per heavy atom. The fourth-order valence-corrected chi connectivity index (χ4v) is 1.46. The Morgan fingerprint density at radius 3 is 2.75 bits per heavy atom. The Bertz CT molecular complexity index is 194. The molecule has 0 saturated carbocycles. The molecule has 0 heterocycles. The third-order valence-electron chi connectivity index (χ3n) is 2.45. The number of Topliss-reactive ketones (excluding diaryl/α,β-unsaturated/α-hetero) is 1. The van der Waals surface area contributed by atoms with Crippen LogP contribution in [0, 0.1) is 11.8 Å². The van der Waals surface area contributed by atoms with E-state index in [1.807, 2.05) is 6.08 Å². The maximum absolute atomic E-state index is 11.1. The third kappa shape index (κ3) is 2.18. The average molecular weight is 168 g/mol. The fraction of sp³-hybridized carbons (Fsp3) is 0.700. The quantitative estimate of drug-likeness (QED) is 0.603. The van der Waals surface area contributed by atoms with Crippen LogP contribution in [0.25, 0.3) is 0 Å². The van der Waals surface area contributed by atoms with Gasteiger partial charge >= 0.3 is 0 Å². The Morgan fingerprint density at radius 1 is 1.50 bits per heavy atom. The zero-order valence-electron chi connectivity index (χ0n) is 7.66. The molecule has 2 atom stereocenters. The number of hydrogen-bond acceptors (Lipinski definition) is 2. The molecular weight excluding hydrogens is 152 g/mol. The number of carbonyl (C=O) groups excluding carboxylic acids is 1. The minimum Gasteiger partial charge on any atom is -0.381 e. The molecule has 1 N–H and O–H groups in total. The van der Waals surface area contributed by atoms with E-state index >= 15 is 0 Å². The highest BCUT2D eigenvalue weighted by Gasteiger charge is 2.20. The van der Waals surface area contributed by atoms with E-state index in [4.69, 9.17) is 0 Å². The molecule has 0 aromatic heterocycles. The minimum absolute atomic E-state index is 0.0469. The summed E-state index contributed by atoms with van der Waals surface area (Å²) in [6, 6.07) is 0. The smallest absolute Gasteiger partial charge is 0.165 e. The van der Waals surface area contributed by atoms with Gasteiger partial charge < -0.3 is 5.11 Å². The molecule has 0 aromatic rings. The fourth-order valence-electron chi connectivity index (χ4n) is 1.46. The van der Waals surface area contributed by atoms with Crippen LogP contribution < -0.4 is 0 Å². The van der Waals surface area contributed by atoms with E-state index < -0.39 is 6.10 Å². The first kappa shape index (κ1) is 9.46. The summed E-state index contributed by atoms with van der Waals surface area (Å²) < 4.78 is 0. The van der Waals surface area contributed by atoms with Crippen molar-refractivity contribution in [2.75, 3.05) is 0 Å². The summed E-state index contributed by atoms with van der Waals surface area (Å²) in [4.78, 5) is 11.1. The third-order valence-corrected chi connectivity index (χ3v) is 2.45. The molecule has 0 aliphatic heterocycles. The summed E-state index contributed by atoms with van der Waals surface area (Å²) in [6.07, 6.45) is 4.13. The van der Waals surface area contributed by atoms with Gasteiger partial charge in [-0.3, -0.25) is 4.79 Å².